The van der Waals surface area contributed by atoms with Crippen molar-refractivity contribution in [3.05, 3.63) is 16.1 Å². The summed E-state index contributed by atoms with van der Waals surface area (Å²) in [5.41, 5.74) is 0. The molecule has 0 amide bonds. The summed E-state index contributed by atoms with van der Waals surface area (Å²) in [4.78, 5) is 10.2. The van der Waals surface area contributed by atoms with Crippen molar-refractivity contribution < 1.29 is 0 Å². The number of hydrogen-bond donors (Lipinski definition) is 2. The summed E-state index contributed by atoms with van der Waals surface area (Å²) in [5, 5.41) is 9.01. The largest absolute Gasteiger partial charge is 0.356 e. The van der Waals surface area contributed by atoms with Gasteiger partial charge in [-0.25, -0.2) is 4.98 Å². The maximum Gasteiger partial charge on any atom is 0.191 e. The van der Waals surface area contributed by atoms with Crippen molar-refractivity contribution in [2.75, 3.05) is 19.3 Å². The molecule has 0 spiro atoms. The number of nitrogens with one attached hydrogen (secondary N) is 2. The Kier molecular flexibility index (Phi) is 7.52. The molecule has 1 aromatic heterocycles. The van der Waals surface area contributed by atoms with Crippen LogP contribution in [-0.4, -0.2) is 41.6 Å². The van der Waals surface area contributed by atoms with Crippen LogP contribution in [0.2, 0.25) is 0 Å². The Bertz CT molecular complexity index is 472. The van der Waals surface area contributed by atoms with Crippen LogP contribution >= 0.6 is 23.1 Å². The molecule has 124 valence electrons. The fourth-order valence-corrected chi connectivity index (χ4v) is 4.77. The lowest BCUT2D eigenvalue weighted by Gasteiger charge is -2.17. The fraction of sp³-hybridized carbons (Fsp3) is 0.750. The van der Waals surface area contributed by atoms with Crippen molar-refractivity contribution in [3.8, 4) is 0 Å². The summed E-state index contributed by atoms with van der Waals surface area (Å²) in [6.45, 7) is 5.30. The Morgan fingerprint density at radius 3 is 3.00 bits per heavy atom. The predicted octanol–water partition coefficient (Wildman–Crippen LogP) is 3.09. The quantitative estimate of drug-likeness (QED) is 0.591. The maximum absolute atomic E-state index is 4.46. The van der Waals surface area contributed by atoms with Crippen molar-refractivity contribution in [2.24, 2.45) is 4.99 Å². The number of nitrogens with zero attached hydrogens (tertiary/aromatic N) is 2. The summed E-state index contributed by atoms with van der Waals surface area (Å²) in [6.07, 6.45) is 7.87. The van der Waals surface area contributed by atoms with Crippen molar-refractivity contribution in [2.45, 2.75) is 57.2 Å². The molecule has 0 aromatic carbocycles. The van der Waals surface area contributed by atoms with Gasteiger partial charge in [-0.05, 0) is 31.4 Å². The smallest absolute Gasteiger partial charge is 0.191 e. The minimum atomic E-state index is 0.571. The van der Waals surface area contributed by atoms with E-state index in [0.717, 1.165) is 30.6 Å². The van der Waals surface area contributed by atoms with Gasteiger partial charge in [0.15, 0.2) is 5.96 Å². The molecule has 2 N–H and O–H groups in total. The van der Waals surface area contributed by atoms with Gasteiger partial charge in [-0.2, -0.15) is 11.8 Å². The van der Waals surface area contributed by atoms with E-state index in [-0.39, 0.29) is 0 Å². The van der Waals surface area contributed by atoms with Crippen LogP contribution in [0, 0.1) is 0 Å². The molecule has 1 aliphatic carbocycles. The zero-order chi connectivity index (χ0) is 15.8. The third-order valence-corrected chi connectivity index (χ3v) is 6.37. The van der Waals surface area contributed by atoms with Crippen LogP contribution in [0.4, 0.5) is 0 Å². The van der Waals surface area contributed by atoms with Crippen molar-refractivity contribution in [3.63, 3.8) is 0 Å². The average Bonchev–Trinajstić information content (AvgIpc) is 3.16. The highest BCUT2D eigenvalue weighted by Crippen LogP contribution is 2.29. The molecule has 1 aliphatic rings. The van der Waals surface area contributed by atoms with Crippen molar-refractivity contribution in [1.29, 1.82) is 0 Å². The van der Waals surface area contributed by atoms with E-state index in [2.05, 4.69) is 46.2 Å². The molecule has 2 atom stereocenters. The summed E-state index contributed by atoms with van der Waals surface area (Å²) < 4.78 is 0. The number of aromatic nitrogens is 1. The number of thioether (sulfide) groups is 1. The van der Waals surface area contributed by atoms with Gasteiger partial charge in [0.05, 0.1) is 5.01 Å². The molecule has 1 aromatic rings. The van der Waals surface area contributed by atoms with Crippen LogP contribution in [0.25, 0.3) is 0 Å². The standard InChI is InChI=1S/C16H28N4S2/c1-4-13-11-19-15(22-13)8-9-18-16(17-3)20-12-6-7-14(10-12)21-5-2/h11-12,14H,4-10H2,1-3H3,(H2,17,18,20). The lowest BCUT2D eigenvalue weighted by atomic mass is 10.2. The molecule has 22 heavy (non-hydrogen) atoms. The molecule has 4 nitrogen and oxygen atoms in total. The van der Waals surface area contributed by atoms with E-state index < -0.39 is 0 Å². The summed E-state index contributed by atoms with van der Waals surface area (Å²) in [7, 11) is 1.85. The lowest BCUT2D eigenvalue weighted by molar-refractivity contribution is 0.614. The van der Waals surface area contributed by atoms with Gasteiger partial charge in [-0.3, -0.25) is 4.99 Å². The molecule has 1 saturated carbocycles. The molecular weight excluding hydrogens is 312 g/mol. The normalized spacial score (nSPS) is 22.0. The zero-order valence-corrected chi connectivity index (χ0v) is 15.5. The van der Waals surface area contributed by atoms with Gasteiger partial charge < -0.3 is 10.6 Å². The van der Waals surface area contributed by atoms with Crippen LogP contribution in [0.3, 0.4) is 0 Å². The first-order valence-electron chi connectivity index (χ1n) is 8.27. The second-order valence-electron chi connectivity index (χ2n) is 5.55. The third-order valence-electron chi connectivity index (χ3n) is 3.93. The monoisotopic (exact) mass is 340 g/mol. The number of thiazole rings is 1. The summed E-state index contributed by atoms with van der Waals surface area (Å²) >= 11 is 3.91. The lowest BCUT2D eigenvalue weighted by Crippen LogP contribution is -2.43. The van der Waals surface area contributed by atoms with E-state index in [1.54, 1.807) is 0 Å². The molecule has 6 heteroatoms. The Morgan fingerprint density at radius 2 is 2.32 bits per heavy atom. The first-order chi connectivity index (χ1) is 10.7. The Balaban J connectivity index is 1.69. The van der Waals surface area contributed by atoms with Crippen LogP contribution < -0.4 is 10.6 Å². The minimum absolute atomic E-state index is 0.571. The molecule has 2 rings (SSSR count). The summed E-state index contributed by atoms with van der Waals surface area (Å²) in [5.74, 6) is 2.15. The first-order valence-corrected chi connectivity index (χ1v) is 10.1. The van der Waals surface area contributed by atoms with Gasteiger partial charge in [0, 0.05) is 42.4 Å². The van der Waals surface area contributed by atoms with Gasteiger partial charge >= 0.3 is 0 Å². The van der Waals surface area contributed by atoms with Crippen molar-refractivity contribution >= 4 is 29.1 Å². The Hall–Kier alpha value is -0.750. The second kappa shape index (κ2) is 9.40. The van der Waals surface area contributed by atoms with Gasteiger partial charge in [0.2, 0.25) is 0 Å². The van der Waals surface area contributed by atoms with Crippen LogP contribution in [0.5, 0.6) is 0 Å². The molecule has 0 radical (unpaired) electrons. The van der Waals surface area contributed by atoms with E-state index in [1.807, 2.05) is 24.6 Å². The van der Waals surface area contributed by atoms with E-state index in [1.165, 1.54) is 34.9 Å². The van der Waals surface area contributed by atoms with E-state index >= 15 is 0 Å². The number of aliphatic imine (C=N–C) groups is 1. The fourth-order valence-electron chi connectivity index (χ4n) is 2.76. The van der Waals surface area contributed by atoms with E-state index in [0.29, 0.717) is 6.04 Å². The van der Waals surface area contributed by atoms with Crippen LogP contribution in [0.15, 0.2) is 11.2 Å². The van der Waals surface area contributed by atoms with Crippen LogP contribution in [-0.2, 0) is 12.8 Å². The molecule has 1 heterocycles. The molecule has 0 bridgehead atoms. The third kappa shape index (κ3) is 5.47. The predicted molar refractivity (Wildman–Crippen MR) is 99.3 cm³/mol. The highest BCUT2D eigenvalue weighted by Gasteiger charge is 2.24. The number of guanidine groups is 1. The highest BCUT2D eigenvalue weighted by atomic mass is 32.2. The van der Waals surface area contributed by atoms with Gasteiger partial charge in [-0.1, -0.05) is 13.8 Å². The average molecular weight is 341 g/mol. The summed E-state index contributed by atoms with van der Waals surface area (Å²) in [6, 6.07) is 0.571. The van der Waals surface area contributed by atoms with Gasteiger partial charge in [-0.15, -0.1) is 11.3 Å². The van der Waals surface area contributed by atoms with E-state index in [9.17, 15) is 0 Å². The molecule has 0 saturated heterocycles. The SMILES string of the molecule is CCSC1CCC(NC(=NC)NCCc2ncc(CC)s2)C1. The second-order valence-corrected chi connectivity index (χ2v) is 8.33. The minimum Gasteiger partial charge on any atom is -0.356 e. The molecule has 2 unspecified atom stereocenters. The zero-order valence-electron chi connectivity index (χ0n) is 13.9. The Labute approximate surface area is 142 Å². The molecular formula is C16H28N4S2. The van der Waals surface area contributed by atoms with Gasteiger partial charge in [0.1, 0.15) is 0 Å². The molecule has 1 fully saturated rings. The maximum atomic E-state index is 4.46. The number of hydrogen-bond acceptors (Lipinski definition) is 4. The number of aryl methyl sites for hydroxylation is 1. The van der Waals surface area contributed by atoms with Crippen molar-refractivity contribution in [1.82, 2.24) is 15.6 Å². The van der Waals surface area contributed by atoms with Gasteiger partial charge in [0.25, 0.3) is 0 Å². The highest BCUT2D eigenvalue weighted by molar-refractivity contribution is 7.99. The van der Waals surface area contributed by atoms with E-state index in [4.69, 9.17) is 0 Å². The topological polar surface area (TPSA) is 49.3 Å². The molecule has 0 aliphatic heterocycles. The first kappa shape index (κ1) is 17.6. The Morgan fingerprint density at radius 1 is 1.45 bits per heavy atom. The van der Waals surface area contributed by atoms with Crippen LogP contribution in [0.1, 0.15) is 43.0 Å². The number of rotatable bonds is 7.